The van der Waals surface area contributed by atoms with E-state index >= 15 is 0 Å². The molecule has 0 unspecified atom stereocenters. The lowest BCUT2D eigenvalue weighted by Crippen LogP contribution is -2.31. The van der Waals surface area contributed by atoms with Gasteiger partial charge in [0, 0.05) is 12.1 Å². The number of aromatic nitrogens is 5. The smallest absolute Gasteiger partial charge is 0.172 e. The molecule has 2 aromatic heterocycles. The molecule has 7 heteroatoms. The zero-order chi connectivity index (χ0) is 18.3. The molecule has 1 aliphatic heterocycles. The third-order valence-corrected chi connectivity index (χ3v) is 4.76. The molecule has 1 aliphatic rings. The molecule has 1 aromatic carbocycles. The van der Waals surface area contributed by atoms with E-state index < -0.39 is 0 Å². The van der Waals surface area contributed by atoms with E-state index in [1.165, 1.54) is 12.8 Å². The van der Waals surface area contributed by atoms with Crippen LogP contribution in [0.25, 0.3) is 23.4 Å². The van der Waals surface area contributed by atoms with Gasteiger partial charge in [0.1, 0.15) is 5.82 Å². The molecule has 3 N–H and O–H groups in total. The summed E-state index contributed by atoms with van der Waals surface area (Å²) >= 11 is 0. The molecule has 27 heavy (non-hydrogen) atoms. The second-order valence-corrected chi connectivity index (χ2v) is 6.73. The van der Waals surface area contributed by atoms with E-state index in [9.17, 15) is 0 Å². The van der Waals surface area contributed by atoms with Crippen LogP contribution in [0.15, 0.2) is 42.5 Å². The molecular weight excluding hydrogens is 338 g/mol. The van der Waals surface area contributed by atoms with Gasteiger partial charge in [0.25, 0.3) is 0 Å². The van der Waals surface area contributed by atoms with Gasteiger partial charge in [-0.25, -0.2) is 10.1 Å². The Labute approximate surface area is 158 Å². The Hall–Kier alpha value is -3.06. The van der Waals surface area contributed by atoms with E-state index in [0.29, 0.717) is 5.82 Å². The number of rotatable bonds is 6. The van der Waals surface area contributed by atoms with E-state index in [1.807, 2.05) is 36.4 Å². The SMILES string of the molecule is C(=Cc1nnn[nH]1)c1cccc(-c2cccc(NCC3CCNCC3)n2)c1. The Morgan fingerprint density at radius 2 is 1.96 bits per heavy atom. The summed E-state index contributed by atoms with van der Waals surface area (Å²) in [6, 6.07) is 14.4. The summed E-state index contributed by atoms with van der Waals surface area (Å²) in [5, 5.41) is 20.6. The van der Waals surface area contributed by atoms with Crippen molar-refractivity contribution in [3.8, 4) is 11.3 Å². The third-order valence-electron chi connectivity index (χ3n) is 4.76. The molecule has 1 fully saturated rings. The molecular formula is C20H23N7. The summed E-state index contributed by atoms with van der Waals surface area (Å²) in [5.41, 5.74) is 3.11. The maximum atomic E-state index is 4.79. The number of anilines is 1. The normalized spacial score (nSPS) is 15.3. The average molecular weight is 361 g/mol. The van der Waals surface area contributed by atoms with Gasteiger partial charge in [0.05, 0.1) is 5.69 Å². The number of piperidine rings is 1. The van der Waals surface area contributed by atoms with Gasteiger partial charge in [0.2, 0.25) is 0 Å². The van der Waals surface area contributed by atoms with Crippen LogP contribution in [0.2, 0.25) is 0 Å². The second-order valence-electron chi connectivity index (χ2n) is 6.73. The predicted octanol–water partition coefficient (Wildman–Crippen LogP) is 2.84. The van der Waals surface area contributed by atoms with Crippen molar-refractivity contribution in [2.24, 2.45) is 5.92 Å². The first kappa shape index (κ1) is 17.4. The van der Waals surface area contributed by atoms with Crippen LogP contribution in [0.5, 0.6) is 0 Å². The summed E-state index contributed by atoms with van der Waals surface area (Å²) in [4.78, 5) is 4.79. The van der Waals surface area contributed by atoms with Gasteiger partial charge < -0.3 is 10.6 Å². The average Bonchev–Trinajstić information content (AvgIpc) is 3.26. The van der Waals surface area contributed by atoms with Crippen molar-refractivity contribution in [1.82, 2.24) is 30.9 Å². The number of hydrogen-bond acceptors (Lipinski definition) is 6. The maximum absolute atomic E-state index is 4.79. The van der Waals surface area contributed by atoms with Crippen molar-refractivity contribution in [2.45, 2.75) is 12.8 Å². The van der Waals surface area contributed by atoms with Crippen molar-refractivity contribution in [2.75, 3.05) is 25.0 Å². The molecule has 3 heterocycles. The number of benzene rings is 1. The van der Waals surface area contributed by atoms with E-state index in [0.717, 1.165) is 48.2 Å². The highest BCUT2D eigenvalue weighted by Gasteiger charge is 2.12. The van der Waals surface area contributed by atoms with Crippen LogP contribution < -0.4 is 10.6 Å². The Bertz CT molecular complexity index is 883. The zero-order valence-corrected chi connectivity index (χ0v) is 15.1. The molecule has 3 aromatic rings. The first-order chi connectivity index (χ1) is 13.4. The third kappa shape index (κ3) is 4.77. The van der Waals surface area contributed by atoms with Crippen molar-refractivity contribution < 1.29 is 0 Å². The molecule has 0 amide bonds. The summed E-state index contributed by atoms with van der Waals surface area (Å²) in [6.07, 6.45) is 6.28. The Morgan fingerprint density at radius 3 is 2.81 bits per heavy atom. The standard InChI is InChI=1S/C20H23N7/c1-3-15(7-8-20-24-26-27-25-20)13-17(4-1)18-5-2-6-19(23-18)22-14-16-9-11-21-12-10-16/h1-8,13,16,21H,9-12,14H2,(H,22,23)(H,24,25,26,27). The molecule has 0 radical (unpaired) electrons. The minimum absolute atomic E-state index is 0.627. The van der Waals surface area contributed by atoms with Gasteiger partial charge >= 0.3 is 0 Å². The second kappa shape index (κ2) is 8.55. The van der Waals surface area contributed by atoms with Gasteiger partial charge in [0.15, 0.2) is 5.82 Å². The van der Waals surface area contributed by atoms with Gasteiger partial charge in [-0.2, -0.15) is 0 Å². The van der Waals surface area contributed by atoms with Gasteiger partial charge in [-0.05, 0) is 72.1 Å². The molecule has 7 nitrogen and oxygen atoms in total. The van der Waals surface area contributed by atoms with Crippen LogP contribution in [0, 0.1) is 5.92 Å². The van der Waals surface area contributed by atoms with Crippen LogP contribution in [0.3, 0.4) is 0 Å². The zero-order valence-electron chi connectivity index (χ0n) is 15.1. The number of aromatic amines is 1. The Balaban J connectivity index is 1.45. The van der Waals surface area contributed by atoms with E-state index in [1.54, 1.807) is 0 Å². The van der Waals surface area contributed by atoms with Gasteiger partial charge in [-0.1, -0.05) is 30.3 Å². The molecule has 0 saturated carbocycles. The number of tetrazole rings is 1. The number of H-pyrrole nitrogens is 1. The predicted molar refractivity (Wildman–Crippen MR) is 107 cm³/mol. The van der Waals surface area contributed by atoms with E-state index in [4.69, 9.17) is 4.98 Å². The van der Waals surface area contributed by atoms with Crippen LogP contribution in [0.1, 0.15) is 24.2 Å². The lowest BCUT2D eigenvalue weighted by Gasteiger charge is -2.23. The first-order valence-corrected chi connectivity index (χ1v) is 9.31. The molecule has 0 aliphatic carbocycles. The minimum Gasteiger partial charge on any atom is -0.370 e. The van der Waals surface area contributed by atoms with Crippen molar-refractivity contribution in [1.29, 1.82) is 0 Å². The van der Waals surface area contributed by atoms with Crippen molar-refractivity contribution in [3.05, 3.63) is 53.9 Å². The number of hydrogen-bond donors (Lipinski definition) is 3. The molecule has 4 rings (SSSR count). The van der Waals surface area contributed by atoms with E-state index in [2.05, 4.69) is 49.5 Å². The maximum Gasteiger partial charge on any atom is 0.172 e. The Kier molecular flexibility index (Phi) is 5.50. The number of nitrogens with zero attached hydrogens (tertiary/aromatic N) is 4. The van der Waals surface area contributed by atoms with Crippen LogP contribution in [0.4, 0.5) is 5.82 Å². The summed E-state index contributed by atoms with van der Waals surface area (Å²) in [5.74, 6) is 2.28. The lowest BCUT2D eigenvalue weighted by molar-refractivity contribution is 0.389. The fourth-order valence-electron chi connectivity index (χ4n) is 3.24. The topological polar surface area (TPSA) is 91.4 Å². The molecule has 1 saturated heterocycles. The van der Waals surface area contributed by atoms with E-state index in [-0.39, 0.29) is 0 Å². The number of nitrogens with one attached hydrogen (secondary N) is 3. The monoisotopic (exact) mass is 361 g/mol. The highest BCUT2D eigenvalue weighted by atomic mass is 15.5. The summed E-state index contributed by atoms with van der Waals surface area (Å²) in [7, 11) is 0. The van der Waals surface area contributed by atoms with Gasteiger partial charge in [-0.3, -0.25) is 0 Å². The highest BCUT2D eigenvalue weighted by Crippen LogP contribution is 2.21. The highest BCUT2D eigenvalue weighted by molar-refractivity contribution is 5.71. The lowest BCUT2D eigenvalue weighted by atomic mass is 9.98. The van der Waals surface area contributed by atoms with Crippen LogP contribution in [-0.4, -0.2) is 45.2 Å². The Morgan fingerprint density at radius 1 is 1.07 bits per heavy atom. The van der Waals surface area contributed by atoms with Crippen molar-refractivity contribution in [3.63, 3.8) is 0 Å². The van der Waals surface area contributed by atoms with Crippen LogP contribution >= 0.6 is 0 Å². The molecule has 0 atom stereocenters. The van der Waals surface area contributed by atoms with Crippen molar-refractivity contribution >= 4 is 18.0 Å². The quantitative estimate of drug-likeness (QED) is 0.625. The fourth-order valence-corrected chi connectivity index (χ4v) is 3.24. The number of pyridine rings is 1. The molecule has 0 spiro atoms. The molecule has 0 bridgehead atoms. The largest absolute Gasteiger partial charge is 0.370 e. The first-order valence-electron chi connectivity index (χ1n) is 9.31. The fraction of sp³-hybridized carbons (Fsp3) is 0.300. The van der Waals surface area contributed by atoms with Crippen LogP contribution in [-0.2, 0) is 0 Å². The summed E-state index contributed by atoms with van der Waals surface area (Å²) in [6.45, 7) is 3.21. The molecule has 138 valence electrons. The minimum atomic E-state index is 0.627. The van der Waals surface area contributed by atoms with Gasteiger partial charge in [-0.15, -0.1) is 5.10 Å². The summed E-state index contributed by atoms with van der Waals surface area (Å²) < 4.78 is 0.